The molecule has 4 nitrogen and oxygen atoms in total. The molecular weight excluding hydrogens is 206 g/mol. The van der Waals surface area contributed by atoms with Crippen LogP contribution in [0.5, 0.6) is 11.6 Å². The molecule has 0 aliphatic rings. The van der Waals surface area contributed by atoms with Crippen LogP contribution in [-0.2, 0) is 4.79 Å². The van der Waals surface area contributed by atoms with Crippen molar-refractivity contribution >= 4 is 17.6 Å². The summed E-state index contributed by atoms with van der Waals surface area (Å²) in [7, 11) is 1.44. The molecule has 76 valence electrons. The molecule has 0 aromatic carbocycles. The third kappa shape index (κ3) is 2.60. The average molecular weight is 216 g/mol. The number of carbonyl (C=O) groups is 1. The first-order valence-corrected chi connectivity index (χ1v) is 4.45. The second-order valence-corrected chi connectivity index (χ2v) is 2.93. The minimum absolute atomic E-state index is 0.242. The van der Waals surface area contributed by atoms with Crippen LogP contribution in [0.2, 0.25) is 5.02 Å². The van der Waals surface area contributed by atoms with Crippen LogP contribution >= 0.6 is 11.6 Å². The fourth-order valence-electron chi connectivity index (χ4n) is 0.829. The molecular formula is C9H10ClNO3. The van der Waals surface area contributed by atoms with Crippen molar-refractivity contribution in [3.63, 3.8) is 0 Å². The van der Waals surface area contributed by atoms with Gasteiger partial charge in [-0.15, -0.1) is 0 Å². The van der Waals surface area contributed by atoms with Crippen molar-refractivity contribution in [3.8, 4) is 11.6 Å². The molecule has 1 heterocycles. The molecule has 0 aliphatic carbocycles. The number of hydrogen-bond acceptors (Lipinski definition) is 4. The number of nitrogens with zero attached hydrogens (tertiary/aromatic N) is 1. The quantitative estimate of drug-likeness (QED) is 0.725. The number of hydrogen-bond donors (Lipinski definition) is 0. The van der Waals surface area contributed by atoms with Crippen LogP contribution in [0.25, 0.3) is 0 Å². The van der Waals surface area contributed by atoms with Crippen LogP contribution in [0.15, 0.2) is 12.3 Å². The Morgan fingerprint density at radius 1 is 1.64 bits per heavy atom. The second-order valence-electron chi connectivity index (χ2n) is 2.49. The van der Waals surface area contributed by atoms with Crippen molar-refractivity contribution in [1.82, 2.24) is 4.98 Å². The maximum atomic E-state index is 11.0. The molecule has 1 aromatic rings. The van der Waals surface area contributed by atoms with Crippen LogP contribution in [0.4, 0.5) is 0 Å². The Bertz CT molecular complexity index is 341. The van der Waals surface area contributed by atoms with Crippen LogP contribution in [0.1, 0.15) is 13.3 Å². The van der Waals surface area contributed by atoms with E-state index in [1.165, 1.54) is 19.4 Å². The van der Waals surface area contributed by atoms with E-state index in [1.54, 1.807) is 6.92 Å². The van der Waals surface area contributed by atoms with E-state index in [-0.39, 0.29) is 24.0 Å². The van der Waals surface area contributed by atoms with Crippen molar-refractivity contribution < 1.29 is 14.3 Å². The molecule has 0 amide bonds. The lowest BCUT2D eigenvalue weighted by Crippen LogP contribution is -2.07. The molecule has 0 bridgehead atoms. The summed E-state index contributed by atoms with van der Waals surface area (Å²) in [4.78, 5) is 14.9. The highest BCUT2D eigenvalue weighted by Gasteiger charge is 2.10. The van der Waals surface area contributed by atoms with Gasteiger partial charge >= 0.3 is 5.97 Å². The summed E-state index contributed by atoms with van der Waals surface area (Å²) in [5.74, 6) is 0.135. The Hall–Kier alpha value is -1.29. The van der Waals surface area contributed by atoms with Gasteiger partial charge in [0.25, 0.3) is 5.88 Å². The summed E-state index contributed by atoms with van der Waals surface area (Å²) in [5, 5.41) is 0.393. The number of rotatable bonds is 3. The van der Waals surface area contributed by atoms with E-state index in [0.29, 0.717) is 5.02 Å². The first-order valence-electron chi connectivity index (χ1n) is 4.07. The zero-order chi connectivity index (χ0) is 10.6. The highest BCUT2D eigenvalue weighted by molar-refractivity contribution is 6.30. The summed E-state index contributed by atoms with van der Waals surface area (Å²) in [6.07, 6.45) is 1.71. The first-order chi connectivity index (χ1) is 6.67. The lowest BCUT2D eigenvalue weighted by Gasteiger charge is -2.06. The molecule has 0 unspecified atom stereocenters. The summed E-state index contributed by atoms with van der Waals surface area (Å²) in [6.45, 7) is 1.70. The maximum Gasteiger partial charge on any atom is 0.311 e. The van der Waals surface area contributed by atoms with Gasteiger partial charge in [-0.25, -0.2) is 4.98 Å². The number of carbonyl (C=O) groups excluding carboxylic acids is 1. The minimum atomic E-state index is -0.354. The molecule has 0 saturated carbocycles. The highest BCUT2D eigenvalue weighted by Crippen LogP contribution is 2.27. The minimum Gasteiger partial charge on any atom is -0.478 e. The number of halogens is 1. The Morgan fingerprint density at radius 3 is 2.93 bits per heavy atom. The SMILES string of the molecule is CCC(=O)Oc1cc(Cl)cnc1OC. The molecule has 1 rings (SSSR count). The van der Waals surface area contributed by atoms with Crippen molar-refractivity contribution in [2.75, 3.05) is 7.11 Å². The molecule has 0 fully saturated rings. The number of methoxy groups -OCH3 is 1. The standard InChI is InChI=1S/C9H10ClNO3/c1-3-8(12)14-7-4-6(10)5-11-9(7)13-2/h4-5H,3H2,1-2H3. The number of pyridine rings is 1. The second kappa shape index (κ2) is 4.81. The Balaban J connectivity index is 2.93. The van der Waals surface area contributed by atoms with Crippen LogP contribution in [0, 0.1) is 0 Å². The van der Waals surface area contributed by atoms with Gasteiger partial charge in [0, 0.05) is 18.7 Å². The summed E-state index contributed by atoms with van der Waals surface area (Å²) < 4.78 is 9.85. The number of ether oxygens (including phenoxy) is 2. The normalized spacial score (nSPS) is 9.64. The molecule has 0 aliphatic heterocycles. The van der Waals surface area contributed by atoms with Gasteiger partial charge in [-0.2, -0.15) is 0 Å². The molecule has 1 aromatic heterocycles. The van der Waals surface area contributed by atoms with Gasteiger partial charge in [0.15, 0.2) is 5.75 Å². The van der Waals surface area contributed by atoms with Crippen molar-refractivity contribution in [1.29, 1.82) is 0 Å². The summed E-state index contributed by atoms with van der Waals surface area (Å²) >= 11 is 5.69. The zero-order valence-corrected chi connectivity index (χ0v) is 8.67. The van der Waals surface area contributed by atoms with Gasteiger partial charge < -0.3 is 9.47 Å². The molecule has 0 radical (unpaired) electrons. The summed E-state index contributed by atoms with van der Waals surface area (Å²) in [6, 6.07) is 1.49. The van der Waals surface area contributed by atoms with Crippen molar-refractivity contribution in [3.05, 3.63) is 17.3 Å². The van der Waals surface area contributed by atoms with Gasteiger partial charge in [-0.1, -0.05) is 18.5 Å². The van der Waals surface area contributed by atoms with Gasteiger partial charge in [-0.05, 0) is 0 Å². The largest absolute Gasteiger partial charge is 0.478 e. The van der Waals surface area contributed by atoms with Crippen molar-refractivity contribution in [2.45, 2.75) is 13.3 Å². The van der Waals surface area contributed by atoms with E-state index >= 15 is 0 Å². The predicted octanol–water partition coefficient (Wildman–Crippen LogP) is 2.06. The molecule has 0 N–H and O–H groups in total. The first kappa shape index (κ1) is 10.8. The monoisotopic (exact) mass is 215 g/mol. The van der Waals surface area contributed by atoms with Crippen molar-refractivity contribution in [2.24, 2.45) is 0 Å². The van der Waals surface area contributed by atoms with E-state index in [9.17, 15) is 4.79 Å². The number of esters is 1. The molecule has 0 saturated heterocycles. The Kier molecular flexibility index (Phi) is 3.71. The molecule has 0 spiro atoms. The lowest BCUT2D eigenvalue weighted by molar-refractivity contribution is -0.134. The van der Waals surface area contributed by atoms with E-state index < -0.39 is 0 Å². The topological polar surface area (TPSA) is 48.4 Å². The zero-order valence-electron chi connectivity index (χ0n) is 7.91. The molecule has 5 heteroatoms. The Labute approximate surface area is 86.8 Å². The third-order valence-corrected chi connectivity index (χ3v) is 1.70. The predicted molar refractivity (Wildman–Crippen MR) is 51.7 cm³/mol. The van der Waals surface area contributed by atoms with Gasteiger partial charge in [0.05, 0.1) is 12.1 Å². The van der Waals surface area contributed by atoms with Gasteiger partial charge in [0.1, 0.15) is 0 Å². The smallest absolute Gasteiger partial charge is 0.311 e. The lowest BCUT2D eigenvalue weighted by atomic mass is 10.4. The Morgan fingerprint density at radius 2 is 2.36 bits per heavy atom. The van der Waals surface area contributed by atoms with Crippen LogP contribution in [0.3, 0.4) is 0 Å². The van der Waals surface area contributed by atoms with E-state index in [2.05, 4.69) is 4.98 Å². The average Bonchev–Trinajstić information content (AvgIpc) is 2.18. The maximum absolute atomic E-state index is 11.0. The molecule has 14 heavy (non-hydrogen) atoms. The van der Waals surface area contributed by atoms with Crippen LogP contribution < -0.4 is 9.47 Å². The van der Waals surface area contributed by atoms with Gasteiger partial charge in [-0.3, -0.25) is 4.79 Å². The van der Waals surface area contributed by atoms with E-state index in [0.717, 1.165) is 0 Å². The summed E-state index contributed by atoms with van der Waals surface area (Å²) in [5.41, 5.74) is 0. The van der Waals surface area contributed by atoms with E-state index in [4.69, 9.17) is 21.1 Å². The fraction of sp³-hybridized carbons (Fsp3) is 0.333. The van der Waals surface area contributed by atoms with E-state index in [1.807, 2.05) is 0 Å². The highest BCUT2D eigenvalue weighted by atomic mass is 35.5. The fourth-order valence-corrected chi connectivity index (χ4v) is 0.977. The number of aromatic nitrogens is 1. The van der Waals surface area contributed by atoms with Crippen LogP contribution in [-0.4, -0.2) is 18.1 Å². The third-order valence-electron chi connectivity index (χ3n) is 1.49. The van der Waals surface area contributed by atoms with Gasteiger partial charge in [0.2, 0.25) is 0 Å². The molecule has 0 atom stereocenters.